The van der Waals surface area contributed by atoms with Crippen LogP contribution in [0.4, 0.5) is 0 Å². The molecule has 0 aromatic heterocycles. The molecule has 0 spiro atoms. The molecule has 0 N–H and O–H groups in total. The zero-order valence-electron chi connectivity index (χ0n) is 17.0. The molecule has 0 heterocycles. The standard InChI is InChI=1S/C24H30O3S/c1-17(2)22-14-9-18(3)15-23(22)27-24(25)20-10-12-21(13-11-20)28(26)16-19-7-5-4-6-8-19/h4-8,10-13,17-18,22-23H,9,14-16H2,1-3H3/t18-,22+,23?,28-/m1/s1. The van der Waals surface area contributed by atoms with Gasteiger partial charge in [0.1, 0.15) is 6.10 Å². The first kappa shape index (κ1) is 20.8. The molecule has 28 heavy (non-hydrogen) atoms. The summed E-state index contributed by atoms with van der Waals surface area (Å²) in [6.07, 6.45) is 3.25. The van der Waals surface area contributed by atoms with Gasteiger partial charge in [0.05, 0.1) is 22.1 Å². The zero-order chi connectivity index (χ0) is 20.1. The predicted molar refractivity (Wildman–Crippen MR) is 114 cm³/mol. The zero-order valence-corrected chi connectivity index (χ0v) is 17.8. The van der Waals surface area contributed by atoms with E-state index in [1.807, 2.05) is 30.3 Å². The molecule has 4 heteroatoms. The van der Waals surface area contributed by atoms with Crippen molar-refractivity contribution in [3.8, 4) is 0 Å². The minimum atomic E-state index is -1.13. The summed E-state index contributed by atoms with van der Waals surface area (Å²) >= 11 is 0. The van der Waals surface area contributed by atoms with Crippen LogP contribution >= 0.6 is 0 Å². The Kier molecular flexibility index (Phi) is 7.06. The average molecular weight is 399 g/mol. The molecule has 3 nitrogen and oxygen atoms in total. The predicted octanol–water partition coefficient (Wildman–Crippen LogP) is 5.61. The molecule has 1 aliphatic rings. The van der Waals surface area contributed by atoms with E-state index in [9.17, 15) is 9.00 Å². The maximum atomic E-state index is 12.7. The van der Waals surface area contributed by atoms with Crippen LogP contribution < -0.4 is 0 Å². The van der Waals surface area contributed by atoms with E-state index in [0.29, 0.717) is 29.1 Å². The SMILES string of the molecule is CC(C)[C@@H]1CC[C@@H](C)CC1OC(=O)c1ccc([S@](=O)Cc2ccccc2)cc1. The molecule has 2 aromatic rings. The van der Waals surface area contributed by atoms with Crippen molar-refractivity contribution in [3.63, 3.8) is 0 Å². The van der Waals surface area contributed by atoms with Crippen molar-refractivity contribution in [2.24, 2.45) is 17.8 Å². The van der Waals surface area contributed by atoms with Crippen LogP contribution in [-0.2, 0) is 21.3 Å². The third-order valence-corrected chi connectivity index (χ3v) is 7.11. The molecule has 0 amide bonds. The van der Waals surface area contributed by atoms with Crippen LogP contribution in [0.1, 0.15) is 56.0 Å². The highest BCUT2D eigenvalue weighted by Crippen LogP contribution is 2.35. The molecular formula is C24H30O3S. The highest BCUT2D eigenvalue weighted by molar-refractivity contribution is 7.84. The van der Waals surface area contributed by atoms with Crippen molar-refractivity contribution in [3.05, 3.63) is 65.7 Å². The molecule has 0 saturated heterocycles. The first-order valence-electron chi connectivity index (χ1n) is 10.2. The Hall–Kier alpha value is -1.94. The second-order valence-electron chi connectivity index (χ2n) is 8.27. The van der Waals surface area contributed by atoms with Crippen molar-refractivity contribution in [1.29, 1.82) is 0 Å². The topological polar surface area (TPSA) is 43.4 Å². The monoisotopic (exact) mass is 398 g/mol. The quantitative estimate of drug-likeness (QED) is 0.594. The van der Waals surface area contributed by atoms with Crippen molar-refractivity contribution in [2.45, 2.75) is 56.8 Å². The number of carbonyl (C=O) groups excluding carboxylic acids is 1. The lowest BCUT2D eigenvalue weighted by Gasteiger charge is -2.36. The van der Waals surface area contributed by atoms with Gasteiger partial charge in [-0.2, -0.15) is 0 Å². The van der Waals surface area contributed by atoms with E-state index in [0.717, 1.165) is 23.3 Å². The van der Waals surface area contributed by atoms with Gasteiger partial charge in [0, 0.05) is 4.90 Å². The molecule has 4 atom stereocenters. The Morgan fingerprint density at radius 1 is 1.07 bits per heavy atom. The Morgan fingerprint density at radius 3 is 2.39 bits per heavy atom. The number of ether oxygens (including phenoxy) is 1. The summed E-state index contributed by atoms with van der Waals surface area (Å²) in [5.41, 5.74) is 1.57. The molecular weight excluding hydrogens is 368 g/mol. The van der Waals surface area contributed by atoms with Gasteiger partial charge in [-0.15, -0.1) is 0 Å². The fourth-order valence-corrected chi connectivity index (χ4v) is 5.11. The van der Waals surface area contributed by atoms with E-state index in [-0.39, 0.29) is 12.1 Å². The van der Waals surface area contributed by atoms with Crippen molar-refractivity contribution >= 4 is 16.8 Å². The second-order valence-corrected chi connectivity index (χ2v) is 9.72. The van der Waals surface area contributed by atoms with E-state index >= 15 is 0 Å². The summed E-state index contributed by atoms with van der Waals surface area (Å²) in [5.74, 6) is 1.73. The van der Waals surface area contributed by atoms with Crippen molar-refractivity contribution < 1.29 is 13.7 Å². The van der Waals surface area contributed by atoms with Crippen LogP contribution in [0.3, 0.4) is 0 Å². The summed E-state index contributed by atoms with van der Waals surface area (Å²) in [6.45, 7) is 6.64. The first-order valence-corrected chi connectivity index (χ1v) is 11.5. The molecule has 3 rings (SSSR count). The number of benzene rings is 2. The number of hydrogen-bond acceptors (Lipinski definition) is 3. The average Bonchev–Trinajstić information content (AvgIpc) is 2.68. The van der Waals surface area contributed by atoms with Gasteiger partial charge in [-0.1, -0.05) is 57.5 Å². The summed E-state index contributed by atoms with van der Waals surface area (Å²) in [5, 5.41) is 0. The maximum Gasteiger partial charge on any atom is 0.338 e. The number of rotatable bonds is 6. The van der Waals surface area contributed by atoms with Crippen LogP contribution in [0.25, 0.3) is 0 Å². The van der Waals surface area contributed by atoms with Gasteiger partial charge in [-0.05, 0) is 60.4 Å². The Balaban J connectivity index is 1.63. The van der Waals surface area contributed by atoms with E-state index in [2.05, 4.69) is 20.8 Å². The Bertz CT molecular complexity index is 798. The highest BCUT2D eigenvalue weighted by Gasteiger charge is 2.33. The number of hydrogen-bond donors (Lipinski definition) is 0. The molecule has 1 fully saturated rings. The normalized spacial score (nSPS) is 23.4. The lowest BCUT2D eigenvalue weighted by atomic mass is 9.75. The van der Waals surface area contributed by atoms with Crippen LogP contribution in [0, 0.1) is 17.8 Å². The van der Waals surface area contributed by atoms with E-state index in [4.69, 9.17) is 4.74 Å². The molecule has 0 aliphatic heterocycles. The lowest BCUT2D eigenvalue weighted by molar-refractivity contribution is -0.0174. The van der Waals surface area contributed by atoms with E-state index < -0.39 is 10.8 Å². The molecule has 0 bridgehead atoms. The van der Waals surface area contributed by atoms with Gasteiger partial charge < -0.3 is 4.74 Å². The molecule has 0 radical (unpaired) electrons. The molecule has 2 aromatic carbocycles. The Morgan fingerprint density at radius 2 is 1.75 bits per heavy atom. The summed E-state index contributed by atoms with van der Waals surface area (Å²) in [4.78, 5) is 13.4. The van der Waals surface area contributed by atoms with Gasteiger partial charge in [-0.3, -0.25) is 4.21 Å². The molecule has 1 unspecified atom stereocenters. The van der Waals surface area contributed by atoms with Crippen LogP contribution in [-0.4, -0.2) is 16.3 Å². The highest BCUT2D eigenvalue weighted by atomic mass is 32.2. The number of esters is 1. The third kappa shape index (κ3) is 5.32. The van der Waals surface area contributed by atoms with Crippen molar-refractivity contribution in [1.82, 2.24) is 0 Å². The Labute approximate surface area is 171 Å². The van der Waals surface area contributed by atoms with E-state index in [1.165, 1.54) is 6.42 Å². The van der Waals surface area contributed by atoms with Crippen LogP contribution in [0.2, 0.25) is 0 Å². The molecule has 1 saturated carbocycles. The smallest absolute Gasteiger partial charge is 0.338 e. The minimum absolute atomic E-state index is 0.0110. The van der Waals surface area contributed by atoms with E-state index in [1.54, 1.807) is 24.3 Å². The summed E-state index contributed by atoms with van der Waals surface area (Å²) in [7, 11) is -1.13. The van der Waals surface area contributed by atoms with Crippen LogP contribution in [0.5, 0.6) is 0 Å². The maximum absolute atomic E-state index is 12.7. The molecule has 1 aliphatic carbocycles. The van der Waals surface area contributed by atoms with Gasteiger partial charge >= 0.3 is 5.97 Å². The molecule has 150 valence electrons. The number of carbonyl (C=O) groups is 1. The fraction of sp³-hybridized carbons (Fsp3) is 0.458. The largest absolute Gasteiger partial charge is 0.458 e. The second kappa shape index (κ2) is 9.51. The first-order chi connectivity index (χ1) is 13.4. The fourth-order valence-electron chi connectivity index (χ4n) is 4.01. The van der Waals surface area contributed by atoms with Crippen LogP contribution in [0.15, 0.2) is 59.5 Å². The third-order valence-electron chi connectivity index (χ3n) is 5.71. The van der Waals surface area contributed by atoms with Gasteiger partial charge in [-0.25, -0.2) is 4.79 Å². The van der Waals surface area contributed by atoms with Gasteiger partial charge in [0.15, 0.2) is 0 Å². The summed E-state index contributed by atoms with van der Waals surface area (Å²) in [6, 6.07) is 16.8. The minimum Gasteiger partial charge on any atom is -0.458 e. The van der Waals surface area contributed by atoms with Gasteiger partial charge in [0.2, 0.25) is 0 Å². The summed E-state index contributed by atoms with van der Waals surface area (Å²) < 4.78 is 18.5. The van der Waals surface area contributed by atoms with Gasteiger partial charge in [0.25, 0.3) is 0 Å². The van der Waals surface area contributed by atoms with Crippen molar-refractivity contribution in [2.75, 3.05) is 0 Å². The lowest BCUT2D eigenvalue weighted by Crippen LogP contribution is -2.35.